The fraction of sp³-hybridized carbons (Fsp3) is 0.316. The number of fused-ring (bicyclic) bond motifs is 1. The Morgan fingerprint density at radius 3 is 2.60 bits per heavy atom. The smallest absolute Gasteiger partial charge is 0.269 e. The number of nitrogens with zero attached hydrogens (tertiary/aromatic N) is 2. The predicted octanol–water partition coefficient (Wildman–Crippen LogP) is 4.22. The number of benzene rings is 2. The van der Waals surface area contributed by atoms with Gasteiger partial charge in [-0.05, 0) is 43.0 Å². The minimum atomic E-state index is -0.422. The number of non-ortho nitro benzene ring substituents is 1. The van der Waals surface area contributed by atoms with Gasteiger partial charge in [-0.2, -0.15) is 0 Å². The van der Waals surface area contributed by atoms with Gasteiger partial charge in [0.05, 0.1) is 16.2 Å². The average Bonchev–Trinajstić information content (AvgIpc) is 3.05. The third-order valence-corrected chi connectivity index (χ3v) is 5.72. The van der Waals surface area contributed by atoms with E-state index in [-0.39, 0.29) is 22.9 Å². The Kier molecular flexibility index (Phi) is 5.08. The fourth-order valence-electron chi connectivity index (χ4n) is 3.28. The molecule has 0 aromatic heterocycles. The molecule has 25 heavy (non-hydrogen) atoms. The third kappa shape index (κ3) is 3.69. The van der Waals surface area contributed by atoms with Crippen LogP contribution in [0.5, 0.6) is 0 Å². The van der Waals surface area contributed by atoms with Gasteiger partial charge in [-0.15, -0.1) is 11.8 Å². The topological polar surface area (TPSA) is 63.5 Å². The maximum Gasteiger partial charge on any atom is 0.269 e. The van der Waals surface area contributed by atoms with Gasteiger partial charge in [-0.3, -0.25) is 14.9 Å². The van der Waals surface area contributed by atoms with Crippen LogP contribution in [0.3, 0.4) is 0 Å². The van der Waals surface area contributed by atoms with E-state index in [0.29, 0.717) is 0 Å². The standard InChI is InChI=1S/C19H20N2O3S/c1-13(25-16-10-8-15(9-11-16)21(23)24)19(22)20(2)18-12-7-14-5-3-4-6-17(14)18/h3-6,8-11,13,18H,7,12H2,1-2H3. The van der Waals surface area contributed by atoms with E-state index in [1.165, 1.54) is 35.0 Å². The number of carbonyl (C=O) groups excluding carboxylic acids is 1. The summed E-state index contributed by atoms with van der Waals surface area (Å²) in [5.74, 6) is 0.0741. The highest BCUT2D eigenvalue weighted by Gasteiger charge is 2.30. The van der Waals surface area contributed by atoms with Crippen molar-refractivity contribution >= 4 is 23.4 Å². The van der Waals surface area contributed by atoms with Crippen molar-refractivity contribution < 1.29 is 9.72 Å². The molecule has 1 amide bonds. The average molecular weight is 356 g/mol. The van der Waals surface area contributed by atoms with Crippen molar-refractivity contribution in [1.29, 1.82) is 0 Å². The van der Waals surface area contributed by atoms with Crippen LogP contribution in [0.15, 0.2) is 53.4 Å². The quantitative estimate of drug-likeness (QED) is 0.457. The lowest BCUT2D eigenvalue weighted by Gasteiger charge is -2.28. The molecule has 2 aromatic carbocycles. The lowest BCUT2D eigenvalue weighted by Crippen LogP contribution is -2.35. The molecule has 0 spiro atoms. The highest BCUT2D eigenvalue weighted by Crippen LogP contribution is 2.36. The van der Waals surface area contributed by atoms with Crippen LogP contribution in [0.25, 0.3) is 0 Å². The first-order chi connectivity index (χ1) is 12.0. The highest BCUT2D eigenvalue weighted by atomic mass is 32.2. The summed E-state index contributed by atoms with van der Waals surface area (Å²) in [6.45, 7) is 1.88. The fourth-order valence-corrected chi connectivity index (χ4v) is 4.25. The molecular formula is C19H20N2O3S. The second-order valence-electron chi connectivity index (χ2n) is 6.21. The molecule has 0 saturated carbocycles. The van der Waals surface area contributed by atoms with Crippen LogP contribution >= 0.6 is 11.8 Å². The van der Waals surface area contributed by atoms with E-state index in [4.69, 9.17) is 0 Å². The molecule has 5 nitrogen and oxygen atoms in total. The van der Waals surface area contributed by atoms with Crippen molar-refractivity contribution in [1.82, 2.24) is 4.90 Å². The summed E-state index contributed by atoms with van der Waals surface area (Å²) in [6.07, 6.45) is 1.96. The van der Waals surface area contributed by atoms with Gasteiger partial charge in [0.2, 0.25) is 5.91 Å². The molecule has 2 unspecified atom stereocenters. The molecule has 0 fully saturated rings. The number of thioether (sulfide) groups is 1. The predicted molar refractivity (Wildman–Crippen MR) is 98.7 cm³/mol. The molecule has 0 radical (unpaired) electrons. The Morgan fingerprint density at radius 2 is 1.92 bits per heavy atom. The number of rotatable bonds is 5. The first kappa shape index (κ1) is 17.5. The molecule has 130 valence electrons. The van der Waals surface area contributed by atoms with Gasteiger partial charge >= 0.3 is 0 Å². The zero-order chi connectivity index (χ0) is 18.0. The van der Waals surface area contributed by atoms with E-state index >= 15 is 0 Å². The minimum Gasteiger partial charge on any atom is -0.338 e. The number of carbonyl (C=O) groups is 1. The largest absolute Gasteiger partial charge is 0.338 e. The van der Waals surface area contributed by atoms with Gasteiger partial charge < -0.3 is 4.90 Å². The highest BCUT2D eigenvalue weighted by molar-refractivity contribution is 8.00. The molecule has 0 saturated heterocycles. The number of aryl methyl sites for hydroxylation is 1. The summed E-state index contributed by atoms with van der Waals surface area (Å²) in [5, 5.41) is 10.5. The Bertz CT molecular complexity index is 792. The van der Waals surface area contributed by atoms with Gasteiger partial charge in [0.15, 0.2) is 0 Å². The molecule has 6 heteroatoms. The van der Waals surface area contributed by atoms with Crippen molar-refractivity contribution in [2.45, 2.75) is 36.0 Å². The first-order valence-electron chi connectivity index (χ1n) is 8.23. The van der Waals surface area contributed by atoms with E-state index in [2.05, 4.69) is 12.1 Å². The third-order valence-electron chi connectivity index (χ3n) is 4.62. The van der Waals surface area contributed by atoms with Crippen molar-refractivity contribution in [3.8, 4) is 0 Å². The second kappa shape index (κ2) is 7.27. The molecular weight excluding hydrogens is 336 g/mol. The Morgan fingerprint density at radius 1 is 1.24 bits per heavy atom. The molecule has 3 rings (SSSR count). The van der Waals surface area contributed by atoms with Gasteiger partial charge in [0.1, 0.15) is 0 Å². The van der Waals surface area contributed by atoms with Crippen LogP contribution in [-0.2, 0) is 11.2 Å². The van der Waals surface area contributed by atoms with E-state index in [9.17, 15) is 14.9 Å². The lowest BCUT2D eigenvalue weighted by atomic mass is 10.1. The molecule has 1 aliphatic carbocycles. The van der Waals surface area contributed by atoms with Crippen molar-refractivity contribution in [2.24, 2.45) is 0 Å². The van der Waals surface area contributed by atoms with Crippen LogP contribution in [-0.4, -0.2) is 28.0 Å². The summed E-state index contributed by atoms with van der Waals surface area (Å²) >= 11 is 1.43. The maximum absolute atomic E-state index is 12.8. The molecule has 0 N–H and O–H groups in total. The summed E-state index contributed by atoms with van der Waals surface area (Å²) < 4.78 is 0. The van der Waals surface area contributed by atoms with Crippen molar-refractivity contribution in [3.05, 3.63) is 69.8 Å². The minimum absolute atomic E-state index is 0.0583. The second-order valence-corrected chi connectivity index (χ2v) is 7.63. The van der Waals surface area contributed by atoms with Gasteiger partial charge in [0.25, 0.3) is 5.69 Å². The summed E-state index contributed by atoms with van der Waals surface area (Å²) in [4.78, 5) is 25.8. The Hall–Kier alpha value is -2.34. The lowest BCUT2D eigenvalue weighted by molar-refractivity contribution is -0.384. The molecule has 0 bridgehead atoms. The zero-order valence-electron chi connectivity index (χ0n) is 14.2. The van der Waals surface area contributed by atoms with Gasteiger partial charge in [-0.25, -0.2) is 0 Å². The van der Waals surface area contributed by atoms with Gasteiger partial charge in [0, 0.05) is 24.1 Å². The van der Waals surface area contributed by atoms with E-state index in [1.54, 1.807) is 12.1 Å². The molecule has 1 aliphatic rings. The zero-order valence-corrected chi connectivity index (χ0v) is 15.0. The van der Waals surface area contributed by atoms with E-state index in [0.717, 1.165) is 17.7 Å². The number of nitro benzene ring substituents is 1. The van der Waals surface area contributed by atoms with E-state index in [1.807, 2.05) is 31.0 Å². The summed E-state index contributed by atoms with van der Waals surface area (Å²) in [7, 11) is 1.86. The van der Waals surface area contributed by atoms with Gasteiger partial charge in [-0.1, -0.05) is 24.3 Å². The monoisotopic (exact) mass is 356 g/mol. The SMILES string of the molecule is CC(Sc1ccc([N+](=O)[O-])cc1)C(=O)N(C)C1CCc2ccccc21. The normalized spacial score (nSPS) is 17.0. The molecule has 0 aliphatic heterocycles. The maximum atomic E-state index is 12.8. The number of hydrogen-bond donors (Lipinski definition) is 0. The van der Waals surface area contributed by atoms with Crippen molar-refractivity contribution in [2.75, 3.05) is 7.05 Å². The molecule has 2 atom stereocenters. The van der Waals surface area contributed by atoms with Crippen molar-refractivity contribution in [3.63, 3.8) is 0 Å². The van der Waals surface area contributed by atoms with Crippen LogP contribution in [0.1, 0.15) is 30.5 Å². The molecule has 2 aromatic rings. The molecule has 0 heterocycles. The van der Waals surface area contributed by atoms with E-state index < -0.39 is 4.92 Å². The number of hydrogen-bond acceptors (Lipinski definition) is 4. The summed E-state index contributed by atoms with van der Waals surface area (Å²) in [5.41, 5.74) is 2.62. The Balaban J connectivity index is 1.67. The van der Waals surface area contributed by atoms with Crippen LogP contribution in [0, 0.1) is 10.1 Å². The number of amides is 1. The number of nitro groups is 1. The van der Waals surface area contributed by atoms with Crippen LogP contribution in [0.2, 0.25) is 0 Å². The van der Waals surface area contributed by atoms with Crippen LogP contribution in [0.4, 0.5) is 5.69 Å². The van der Waals surface area contributed by atoms with Crippen LogP contribution < -0.4 is 0 Å². The Labute approximate surface area is 151 Å². The first-order valence-corrected chi connectivity index (χ1v) is 9.11. The summed E-state index contributed by atoms with van der Waals surface area (Å²) in [6, 6.07) is 14.7.